The summed E-state index contributed by atoms with van der Waals surface area (Å²) in [5, 5.41) is 12.2. The van der Waals surface area contributed by atoms with Gasteiger partial charge < -0.3 is 5.11 Å². The molecule has 1 heterocycles. The second-order valence-corrected chi connectivity index (χ2v) is 4.89. The molecule has 0 saturated carbocycles. The monoisotopic (exact) mass is 256 g/mol. The maximum Gasteiger partial charge on any atom is 0.126 e. The van der Waals surface area contributed by atoms with Gasteiger partial charge in [-0.15, -0.1) is 11.3 Å². The first-order valence-electron chi connectivity index (χ1n) is 4.82. The highest BCUT2D eigenvalue weighted by Crippen LogP contribution is 2.25. The highest BCUT2D eigenvalue weighted by Gasteiger charge is 2.12. The summed E-state index contributed by atoms with van der Waals surface area (Å²) in [7, 11) is 0. The molecule has 0 aliphatic heterocycles. The van der Waals surface area contributed by atoms with Gasteiger partial charge in [0.1, 0.15) is 5.82 Å². The van der Waals surface area contributed by atoms with Crippen LogP contribution in [0.15, 0.2) is 35.7 Å². The van der Waals surface area contributed by atoms with Gasteiger partial charge in [-0.2, -0.15) is 0 Å². The highest BCUT2D eigenvalue weighted by molar-refractivity contribution is 7.10. The maximum atomic E-state index is 13.4. The Morgan fingerprint density at radius 2 is 2.19 bits per heavy atom. The van der Waals surface area contributed by atoms with Crippen LogP contribution in [0, 0.1) is 5.82 Å². The molecule has 0 aliphatic rings. The molecule has 1 aromatic carbocycles. The average molecular weight is 257 g/mol. The van der Waals surface area contributed by atoms with Crippen molar-refractivity contribution in [2.45, 2.75) is 12.5 Å². The van der Waals surface area contributed by atoms with Crippen LogP contribution in [0.4, 0.5) is 4.39 Å². The zero-order chi connectivity index (χ0) is 11.5. The molecule has 16 heavy (non-hydrogen) atoms. The van der Waals surface area contributed by atoms with Crippen LogP contribution in [-0.2, 0) is 6.42 Å². The Morgan fingerprint density at radius 1 is 1.38 bits per heavy atom. The average Bonchev–Trinajstić information content (AvgIpc) is 2.76. The number of aliphatic hydroxyl groups excluding tert-OH is 1. The van der Waals surface area contributed by atoms with E-state index in [1.165, 1.54) is 23.5 Å². The number of hydrogen-bond acceptors (Lipinski definition) is 2. The van der Waals surface area contributed by atoms with Crippen LogP contribution in [0.1, 0.15) is 16.5 Å². The van der Waals surface area contributed by atoms with Gasteiger partial charge >= 0.3 is 0 Å². The normalized spacial score (nSPS) is 12.7. The lowest BCUT2D eigenvalue weighted by molar-refractivity contribution is 0.181. The number of halogens is 2. The third-order valence-corrected chi connectivity index (χ3v) is 3.50. The van der Waals surface area contributed by atoms with E-state index in [0.29, 0.717) is 10.6 Å². The fourth-order valence-corrected chi connectivity index (χ4v) is 2.40. The van der Waals surface area contributed by atoms with Crippen LogP contribution in [0.5, 0.6) is 0 Å². The van der Waals surface area contributed by atoms with E-state index < -0.39 is 6.10 Å². The van der Waals surface area contributed by atoms with Crippen molar-refractivity contribution in [2.75, 3.05) is 0 Å². The molecule has 1 nitrogen and oxygen atoms in total. The number of thiophene rings is 1. The van der Waals surface area contributed by atoms with Gasteiger partial charge in [0, 0.05) is 16.3 Å². The van der Waals surface area contributed by atoms with Crippen LogP contribution >= 0.6 is 22.9 Å². The summed E-state index contributed by atoms with van der Waals surface area (Å²) < 4.78 is 13.4. The molecule has 0 fully saturated rings. The van der Waals surface area contributed by atoms with Crippen molar-refractivity contribution in [3.8, 4) is 0 Å². The third-order valence-electron chi connectivity index (χ3n) is 2.29. The lowest BCUT2D eigenvalue weighted by Crippen LogP contribution is -2.01. The molecule has 0 amide bonds. The van der Waals surface area contributed by atoms with Crippen molar-refractivity contribution in [3.63, 3.8) is 0 Å². The molecule has 0 bridgehead atoms. The molecule has 1 aromatic heterocycles. The predicted molar refractivity (Wildman–Crippen MR) is 64.4 cm³/mol. The van der Waals surface area contributed by atoms with Crippen LogP contribution in [0.3, 0.4) is 0 Å². The number of rotatable bonds is 3. The van der Waals surface area contributed by atoms with Gasteiger partial charge in [0.15, 0.2) is 0 Å². The summed E-state index contributed by atoms with van der Waals surface area (Å²) in [5.41, 5.74) is 0.438. The summed E-state index contributed by atoms with van der Waals surface area (Å²) in [6.45, 7) is 0. The van der Waals surface area contributed by atoms with Crippen molar-refractivity contribution >= 4 is 22.9 Å². The zero-order valence-corrected chi connectivity index (χ0v) is 9.93. The van der Waals surface area contributed by atoms with Gasteiger partial charge in [-0.1, -0.05) is 17.7 Å². The van der Waals surface area contributed by atoms with E-state index in [1.54, 1.807) is 6.07 Å². The molecule has 0 saturated heterocycles. The summed E-state index contributed by atoms with van der Waals surface area (Å²) in [6.07, 6.45) is -0.430. The van der Waals surface area contributed by atoms with Crippen molar-refractivity contribution in [3.05, 3.63) is 57.0 Å². The number of benzene rings is 1. The van der Waals surface area contributed by atoms with E-state index in [4.69, 9.17) is 11.6 Å². The second kappa shape index (κ2) is 4.95. The quantitative estimate of drug-likeness (QED) is 0.885. The number of hydrogen-bond donors (Lipinski definition) is 1. The van der Waals surface area contributed by atoms with E-state index in [-0.39, 0.29) is 12.2 Å². The van der Waals surface area contributed by atoms with Gasteiger partial charge in [0.05, 0.1) is 6.10 Å². The van der Waals surface area contributed by atoms with E-state index in [1.807, 2.05) is 17.5 Å². The summed E-state index contributed by atoms with van der Waals surface area (Å²) in [6, 6.07) is 8.06. The molecule has 2 rings (SSSR count). The van der Waals surface area contributed by atoms with Crippen molar-refractivity contribution in [1.82, 2.24) is 0 Å². The fourth-order valence-electron chi connectivity index (χ4n) is 1.49. The minimum atomic E-state index is -0.673. The summed E-state index contributed by atoms with van der Waals surface area (Å²) >= 11 is 7.23. The van der Waals surface area contributed by atoms with Crippen molar-refractivity contribution in [1.29, 1.82) is 0 Å². The molecular formula is C12H10ClFOS. The Labute approximate surface area is 102 Å². The minimum Gasteiger partial charge on any atom is -0.387 e. The Morgan fingerprint density at radius 3 is 2.88 bits per heavy atom. The summed E-state index contributed by atoms with van der Waals surface area (Å²) in [4.78, 5) is 0.833. The Balaban J connectivity index is 2.17. The fraction of sp³-hybridized carbons (Fsp3) is 0.167. The van der Waals surface area contributed by atoms with E-state index in [2.05, 4.69) is 0 Å². The van der Waals surface area contributed by atoms with Crippen LogP contribution in [-0.4, -0.2) is 5.11 Å². The van der Waals surface area contributed by atoms with Gasteiger partial charge in [0.25, 0.3) is 0 Å². The molecule has 1 N–H and O–H groups in total. The van der Waals surface area contributed by atoms with E-state index in [9.17, 15) is 9.50 Å². The molecule has 0 aliphatic carbocycles. The van der Waals surface area contributed by atoms with Gasteiger partial charge in [-0.3, -0.25) is 0 Å². The topological polar surface area (TPSA) is 20.2 Å². The summed E-state index contributed by atoms with van der Waals surface area (Å²) in [5.74, 6) is -0.333. The standard InChI is InChI=1S/C12H10ClFOS/c13-9-3-4-10(14)8(6-9)7-11(15)12-2-1-5-16-12/h1-6,11,15H,7H2. The first-order chi connectivity index (χ1) is 7.66. The van der Waals surface area contributed by atoms with Crippen molar-refractivity contribution in [2.24, 2.45) is 0 Å². The third kappa shape index (κ3) is 2.61. The van der Waals surface area contributed by atoms with Crippen molar-refractivity contribution < 1.29 is 9.50 Å². The maximum absolute atomic E-state index is 13.4. The molecule has 1 unspecified atom stereocenters. The van der Waals surface area contributed by atoms with E-state index in [0.717, 1.165) is 4.88 Å². The van der Waals surface area contributed by atoms with Gasteiger partial charge in [-0.25, -0.2) is 4.39 Å². The highest BCUT2D eigenvalue weighted by atomic mass is 35.5. The van der Waals surface area contributed by atoms with Crippen LogP contribution in [0.25, 0.3) is 0 Å². The second-order valence-electron chi connectivity index (χ2n) is 3.47. The molecule has 0 radical (unpaired) electrons. The van der Waals surface area contributed by atoms with Crippen LogP contribution < -0.4 is 0 Å². The zero-order valence-electron chi connectivity index (χ0n) is 8.36. The lowest BCUT2D eigenvalue weighted by atomic mass is 10.1. The Bertz CT molecular complexity index is 470. The first kappa shape index (κ1) is 11.6. The predicted octanol–water partition coefficient (Wildman–Crippen LogP) is 3.82. The first-order valence-corrected chi connectivity index (χ1v) is 6.08. The molecule has 0 spiro atoms. The molecular weight excluding hydrogens is 247 g/mol. The largest absolute Gasteiger partial charge is 0.387 e. The molecule has 4 heteroatoms. The van der Waals surface area contributed by atoms with Gasteiger partial charge in [0.2, 0.25) is 0 Å². The minimum absolute atomic E-state index is 0.243. The van der Waals surface area contributed by atoms with E-state index >= 15 is 0 Å². The molecule has 1 atom stereocenters. The molecule has 84 valence electrons. The smallest absolute Gasteiger partial charge is 0.126 e. The Hall–Kier alpha value is -0.900. The SMILES string of the molecule is OC(Cc1cc(Cl)ccc1F)c1cccs1. The number of aliphatic hydroxyl groups is 1. The van der Waals surface area contributed by atoms with Gasteiger partial charge in [-0.05, 0) is 35.2 Å². The molecule has 2 aromatic rings. The Kier molecular flexibility index (Phi) is 3.59. The lowest BCUT2D eigenvalue weighted by Gasteiger charge is -2.09. The van der Waals surface area contributed by atoms with Crippen LogP contribution in [0.2, 0.25) is 5.02 Å².